The molecule has 1 saturated carbocycles. The predicted molar refractivity (Wildman–Crippen MR) is 127 cm³/mol. The molecule has 0 atom stereocenters. The molecule has 0 unspecified atom stereocenters. The molecule has 2 amide bonds. The van der Waals surface area contributed by atoms with Gasteiger partial charge in [-0.15, -0.1) is 0 Å². The zero-order valence-electron chi connectivity index (χ0n) is 18.0. The van der Waals surface area contributed by atoms with Gasteiger partial charge in [-0.2, -0.15) is 0 Å². The number of nitrogens with zero attached hydrogens (tertiary/aromatic N) is 2. The summed E-state index contributed by atoms with van der Waals surface area (Å²) in [6.07, 6.45) is 5.44. The summed E-state index contributed by atoms with van der Waals surface area (Å²) in [6.45, 7) is 0. The third kappa shape index (κ3) is 4.64. The third-order valence-electron chi connectivity index (χ3n) is 5.39. The first-order chi connectivity index (χ1) is 16.1. The number of ether oxygens (including phenoxy) is 1. The van der Waals surface area contributed by atoms with Crippen molar-refractivity contribution < 1.29 is 14.3 Å². The molecule has 0 aliphatic heterocycles. The van der Waals surface area contributed by atoms with E-state index in [2.05, 4.69) is 20.9 Å². The van der Waals surface area contributed by atoms with Crippen molar-refractivity contribution in [1.29, 1.82) is 0 Å². The normalized spacial score (nSPS) is 12.9. The number of anilines is 3. The molecule has 1 aliphatic rings. The highest BCUT2D eigenvalue weighted by molar-refractivity contribution is 6.08. The molecule has 0 saturated heterocycles. The van der Waals surface area contributed by atoms with Gasteiger partial charge in [-0.05, 0) is 49.2 Å². The molecule has 2 heterocycles. The van der Waals surface area contributed by atoms with E-state index in [1.165, 1.54) is 0 Å². The van der Waals surface area contributed by atoms with Crippen molar-refractivity contribution in [3.8, 4) is 11.5 Å². The van der Waals surface area contributed by atoms with E-state index < -0.39 is 0 Å². The first kappa shape index (κ1) is 20.6. The van der Waals surface area contributed by atoms with Gasteiger partial charge in [-0.3, -0.25) is 9.59 Å². The highest BCUT2D eigenvalue weighted by Gasteiger charge is 2.30. The summed E-state index contributed by atoms with van der Waals surface area (Å²) in [7, 11) is 1.78. The van der Waals surface area contributed by atoms with Crippen LogP contribution >= 0.6 is 0 Å². The zero-order chi connectivity index (χ0) is 22.8. The fourth-order valence-electron chi connectivity index (χ4n) is 3.54. The number of fused-ring (bicyclic) bond motifs is 1. The maximum atomic E-state index is 12.7. The largest absolute Gasteiger partial charge is 0.456 e. The van der Waals surface area contributed by atoms with Gasteiger partial charge < -0.3 is 25.1 Å². The third-order valence-corrected chi connectivity index (χ3v) is 5.39. The molecular weight excluding hydrogens is 418 g/mol. The van der Waals surface area contributed by atoms with Gasteiger partial charge in [0.2, 0.25) is 5.91 Å². The van der Waals surface area contributed by atoms with Crippen molar-refractivity contribution in [1.82, 2.24) is 9.38 Å². The van der Waals surface area contributed by atoms with Crippen molar-refractivity contribution in [3.63, 3.8) is 0 Å². The van der Waals surface area contributed by atoms with Gasteiger partial charge in [-0.25, -0.2) is 4.98 Å². The number of aromatic nitrogens is 2. The van der Waals surface area contributed by atoms with Gasteiger partial charge >= 0.3 is 0 Å². The van der Waals surface area contributed by atoms with E-state index in [0.717, 1.165) is 18.5 Å². The smallest absolute Gasteiger partial charge is 0.257 e. The number of amides is 2. The Morgan fingerprint density at radius 1 is 0.970 bits per heavy atom. The molecule has 0 spiro atoms. The average molecular weight is 441 g/mol. The molecule has 0 radical (unpaired) electrons. The molecule has 3 N–H and O–H groups in total. The lowest BCUT2D eigenvalue weighted by atomic mass is 10.1. The average Bonchev–Trinajstić information content (AvgIpc) is 3.60. The van der Waals surface area contributed by atoms with Crippen LogP contribution in [0.2, 0.25) is 0 Å². The van der Waals surface area contributed by atoms with Crippen LogP contribution in [-0.2, 0) is 4.79 Å². The number of hydrogen-bond acceptors (Lipinski definition) is 5. The van der Waals surface area contributed by atoms with Crippen LogP contribution in [0, 0.1) is 5.92 Å². The molecule has 1 fully saturated rings. The monoisotopic (exact) mass is 441 g/mol. The Morgan fingerprint density at radius 2 is 1.82 bits per heavy atom. The topological polar surface area (TPSA) is 96.8 Å². The molecule has 2 aromatic carbocycles. The summed E-state index contributed by atoms with van der Waals surface area (Å²) in [6, 6.07) is 18.1. The van der Waals surface area contributed by atoms with Crippen LogP contribution in [0.5, 0.6) is 11.5 Å². The number of nitrogens with one attached hydrogen (secondary N) is 3. The van der Waals surface area contributed by atoms with Crippen LogP contribution in [0.3, 0.4) is 0 Å². The maximum absolute atomic E-state index is 12.7. The van der Waals surface area contributed by atoms with E-state index in [1.54, 1.807) is 42.0 Å². The van der Waals surface area contributed by atoms with Crippen LogP contribution in [-0.4, -0.2) is 28.2 Å². The Labute approximate surface area is 190 Å². The molecule has 8 nitrogen and oxygen atoms in total. The number of benzene rings is 2. The van der Waals surface area contributed by atoms with Crippen LogP contribution in [0.15, 0.2) is 73.1 Å². The molecule has 8 heteroatoms. The summed E-state index contributed by atoms with van der Waals surface area (Å²) in [5.74, 6) is 1.63. The SMILES string of the molecule is CNc1ccccc1C(=O)Nc1cccc(Oc2ccc3nc(NC(=O)C4CC4)cn3c2)c1. The lowest BCUT2D eigenvalue weighted by Crippen LogP contribution is -2.13. The Bertz CT molecular complexity index is 1340. The number of carbonyl (C=O) groups excluding carboxylic acids is 2. The summed E-state index contributed by atoms with van der Waals surface area (Å²) in [5, 5.41) is 8.79. The number of pyridine rings is 1. The number of hydrogen-bond donors (Lipinski definition) is 3. The number of carbonyl (C=O) groups is 2. The predicted octanol–water partition coefficient (Wildman–Crippen LogP) is 4.77. The molecule has 4 aromatic rings. The number of imidazole rings is 1. The van der Waals surface area contributed by atoms with Gasteiger partial charge in [0.05, 0.1) is 18.0 Å². The number of rotatable bonds is 7. The Hall–Kier alpha value is -4.33. The first-order valence-electron chi connectivity index (χ1n) is 10.7. The van der Waals surface area contributed by atoms with Gasteiger partial charge in [0.25, 0.3) is 5.91 Å². The maximum Gasteiger partial charge on any atom is 0.257 e. The van der Waals surface area contributed by atoms with Gasteiger partial charge in [-0.1, -0.05) is 18.2 Å². The first-order valence-corrected chi connectivity index (χ1v) is 10.7. The molecule has 33 heavy (non-hydrogen) atoms. The minimum atomic E-state index is -0.210. The van der Waals surface area contributed by atoms with Crippen molar-refractivity contribution in [2.75, 3.05) is 23.0 Å². The van der Waals surface area contributed by atoms with Crippen LogP contribution < -0.4 is 20.7 Å². The Morgan fingerprint density at radius 3 is 2.64 bits per heavy atom. The fourth-order valence-corrected chi connectivity index (χ4v) is 3.54. The van der Waals surface area contributed by atoms with Gasteiger partial charge in [0.15, 0.2) is 5.82 Å². The zero-order valence-corrected chi connectivity index (χ0v) is 18.0. The van der Waals surface area contributed by atoms with E-state index in [1.807, 2.05) is 42.5 Å². The highest BCUT2D eigenvalue weighted by atomic mass is 16.5. The second kappa shape index (κ2) is 8.66. The lowest BCUT2D eigenvalue weighted by molar-refractivity contribution is -0.117. The molecule has 2 aromatic heterocycles. The van der Waals surface area contributed by atoms with E-state index in [9.17, 15) is 9.59 Å². The second-order valence-electron chi connectivity index (χ2n) is 7.90. The molecule has 166 valence electrons. The number of para-hydroxylation sites is 1. The van der Waals surface area contributed by atoms with Crippen molar-refractivity contribution >= 4 is 34.7 Å². The highest BCUT2D eigenvalue weighted by Crippen LogP contribution is 2.30. The minimum Gasteiger partial charge on any atom is -0.456 e. The molecule has 1 aliphatic carbocycles. The van der Waals surface area contributed by atoms with E-state index in [4.69, 9.17) is 4.74 Å². The second-order valence-corrected chi connectivity index (χ2v) is 7.90. The summed E-state index contributed by atoms with van der Waals surface area (Å²) in [4.78, 5) is 29.1. The molecule has 0 bridgehead atoms. The lowest BCUT2D eigenvalue weighted by Gasteiger charge is -2.11. The molecule has 5 rings (SSSR count). The molecular formula is C25H23N5O3. The fraction of sp³-hybridized carbons (Fsp3) is 0.160. The summed E-state index contributed by atoms with van der Waals surface area (Å²) in [5.41, 5.74) is 2.64. The van der Waals surface area contributed by atoms with Crippen molar-refractivity contribution in [2.45, 2.75) is 12.8 Å². The van der Waals surface area contributed by atoms with Crippen molar-refractivity contribution in [2.24, 2.45) is 5.92 Å². The van der Waals surface area contributed by atoms with Crippen LogP contribution in [0.4, 0.5) is 17.2 Å². The van der Waals surface area contributed by atoms with E-state index in [0.29, 0.717) is 34.2 Å². The van der Waals surface area contributed by atoms with E-state index in [-0.39, 0.29) is 17.7 Å². The summed E-state index contributed by atoms with van der Waals surface area (Å²) >= 11 is 0. The quantitative estimate of drug-likeness (QED) is 0.384. The minimum absolute atomic E-state index is 0.0195. The van der Waals surface area contributed by atoms with E-state index >= 15 is 0 Å². The standard InChI is InChI=1S/C25H23N5O3/c1-26-21-8-3-2-7-20(21)25(32)27-17-5-4-6-18(13-17)33-19-11-12-23-28-22(15-30(23)14-19)29-24(31)16-9-10-16/h2-8,11-16,26H,9-10H2,1H3,(H,27,32)(H,29,31). The van der Waals surface area contributed by atoms with Crippen LogP contribution in [0.25, 0.3) is 5.65 Å². The van der Waals surface area contributed by atoms with Gasteiger partial charge in [0.1, 0.15) is 17.1 Å². The Balaban J connectivity index is 1.29. The Kier molecular flexibility index (Phi) is 5.40. The van der Waals surface area contributed by atoms with Crippen molar-refractivity contribution in [3.05, 3.63) is 78.6 Å². The van der Waals surface area contributed by atoms with Gasteiger partial charge in [0, 0.05) is 30.4 Å². The summed E-state index contributed by atoms with van der Waals surface area (Å²) < 4.78 is 7.80. The van der Waals surface area contributed by atoms with Crippen LogP contribution in [0.1, 0.15) is 23.2 Å².